The first-order valence-corrected chi connectivity index (χ1v) is 8.55. The lowest BCUT2D eigenvalue weighted by Crippen LogP contribution is -2.45. The van der Waals surface area contributed by atoms with Crippen molar-refractivity contribution in [1.29, 1.82) is 0 Å². The van der Waals surface area contributed by atoms with E-state index in [1.165, 1.54) is 11.2 Å². The quantitative estimate of drug-likeness (QED) is 0.703. The molecule has 3 N–H and O–H groups in total. The maximum Gasteiger partial charge on any atom is 0.254 e. The summed E-state index contributed by atoms with van der Waals surface area (Å²) in [5.74, 6) is -0.148. The number of anilines is 1. The summed E-state index contributed by atoms with van der Waals surface area (Å²) in [7, 11) is 3.59. The van der Waals surface area contributed by atoms with Crippen molar-refractivity contribution in [3.05, 3.63) is 47.5 Å². The van der Waals surface area contributed by atoms with Crippen molar-refractivity contribution in [3.8, 4) is 0 Å². The van der Waals surface area contributed by atoms with Crippen LogP contribution in [0.4, 0.5) is 5.82 Å². The van der Waals surface area contributed by atoms with E-state index < -0.39 is 11.9 Å². The van der Waals surface area contributed by atoms with Crippen molar-refractivity contribution >= 4 is 28.5 Å². The SMILES string of the molecule is CNc1ncnc2cc(C(=O)N3CCc4c(cnn4C)C3C(N)=O)ccc12. The molecule has 2 amide bonds. The topological polar surface area (TPSA) is 119 Å². The van der Waals surface area contributed by atoms with Crippen molar-refractivity contribution in [2.24, 2.45) is 12.8 Å². The molecular weight excluding hydrogens is 346 g/mol. The average Bonchev–Trinajstić information content (AvgIpc) is 3.06. The van der Waals surface area contributed by atoms with Gasteiger partial charge in [-0.3, -0.25) is 14.3 Å². The monoisotopic (exact) mass is 365 g/mol. The minimum Gasteiger partial charge on any atom is -0.373 e. The number of fused-ring (bicyclic) bond motifs is 2. The highest BCUT2D eigenvalue weighted by Gasteiger charge is 2.37. The Bertz CT molecular complexity index is 1060. The van der Waals surface area contributed by atoms with Crippen LogP contribution < -0.4 is 11.1 Å². The second-order valence-corrected chi connectivity index (χ2v) is 6.43. The first-order chi connectivity index (χ1) is 13.0. The Labute approximate surface area is 155 Å². The van der Waals surface area contributed by atoms with Crippen LogP contribution in [-0.4, -0.2) is 50.1 Å². The third-order valence-electron chi connectivity index (χ3n) is 4.94. The molecule has 1 atom stereocenters. The summed E-state index contributed by atoms with van der Waals surface area (Å²) in [6.07, 6.45) is 3.66. The normalized spacial score (nSPS) is 16.2. The van der Waals surface area contributed by atoms with Crippen LogP contribution in [0, 0.1) is 0 Å². The highest BCUT2D eigenvalue weighted by Crippen LogP contribution is 2.31. The molecule has 27 heavy (non-hydrogen) atoms. The number of nitrogens with zero attached hydrogens (tertiary/aromatic N) is 5. The van der Waals surface area contributed by atoms with Crippen LogP contribution in [0.1, 0.15) is 27.7 Å². The predicted octanol–water partition coefficient (Wildman–Crippen LogP) is 0.630. The predicted molar refractivity (Wildman–Crippen MR) is 99.0 cm³/mol. The summed E-state index contributed by atoms with van der Waals surface area (Å²) in [5, 5.41) is 8.02. The molecule has 0 fully saturated rings. The van der Waals surface area contributed by atoms with Crippen molar-refractivity contribution in [2.45, 2.75) is 12.5 Å². The summed E-state index contributed by atoms with van der Waals surface area (Å²) >= 11 is 0. The summed E-state index contributed by atoms with van der Waals surface area (Å²) in [4.78, 5) is 35.2. The van der Waals surface area contributed by atoms with E-state index in [2.05, 4.69) is 20.4 Å². The number of nitrogens with two attached hydrogens (primary N) is 1. The Kier molecular flexibility index (Phi) is 3.98. The van der Waals surface area contributed by atoms with E-state index in [9.17, 15) is 9.59 Å². The lowest BCUT2D eigenvalue weighted by Gasteiger charge is -2.34. The Hall–Kier alpha value is -3.49. The Morgan fingerprint density at radius 1 is 1.30 bits per heavy atom. The number of aromatic nitrogens is 4. The third-order valence-corrected chi connectivity index (χ3v) is 4.94. The van der Waals surface area contributed by atoms with E-state index >= 15 is 0 Å². The molecule has 9 heteroatoms. The fourth-order valence-corrected chi connectivity index (χ4v) is 3.62. The highest BCUT2D eigenvalue weighted by atomic mass is 16.2. The first-order valence-electron chi connectivity index (χ1n) is 8.55. The van der Waals surface area contributed by atoms with Crippen molar-refractivity contribution < 1.29 is 9.59 Å². The molecule has 0 aliphatic carbocycles. The zero-order chi connectivity index (χ0) is 19.1. The van der Waals surface area contributed by atoms with Crippen LogP contribution in [0.5, 0.6) is 0 Å². The first kappa shape index (κ1) is 17.0. The van der Waals surface area contributed by atoms with Crippen LogP contribution in [0.15, 0.2) is 30.7 Å². The highest BCUT2D eigenvalue weighted by molar-refractivity contribution is 6.01. The molecule has 9 nitrogen and oxygen atoms in total. The Morgan fingerprint density at radius 3 is 2.85 bits per heavy atom. The molecule has 1 unspecified atom stereocenters. The molecule has 1 aliphatic heterocycles. The molecule has 1 aliphatic rings. The minimum absolute atomic E-state index is 0.264. The van der Waals surface area contributed by atoms with E-state index in [-0.39, 0.29) is 5.91 Å². The van der Waals surface area contributed by atoms with Gasteiger partial charge in [-0.2, -0.15) is 5.10 Å². The summed E-state index contributed by atoms with van der Waals surface area (Å²) in [6.45, 7) is 0.391. The molecule has 0 radical (unpaired) electrons. The number of benzene rings is 1. The van der Waals surface area contributed by atoms with Crippen LogP contribution in [-0.2, 0) is 18.3 Å². The number of carbonyl (C=O) groups excluding carboxylic acids is 2. The van der Waals surface area contributed by atoms with E-state index in [1.807, 2.05) is 7.05 Å². The van der Waals surface area contributed by atoms with Gasteiger partial charge in [0.2, 0.25) is 5.91 Å². The maximum atomic E-state index is 13.2. The summed E-state index contributed by atoms with van der Waals surface area (Å²) in [6, 6.07) is 4.39. The minimum atomic E-state index is -0.830. The van der Waals surface area contributed by atoms with Gasteiger partial charge in [0.25, 0.3) is 5.91 Å². The molecule has 0 bridgehead atoms. The molecule has 3 heterocycles. The molecule has 138 valence electrons. The van der Waals surface area contributed by atoms with Gasteiger partial charge in [0.1, 0.15) is 18.2 Å². The van der Waals surface area contributed by atoms with Crippen molar-refractivity contribution in [1.82, 2.24) is 24.6 Å². The molecule has 0 spiro atoms. The van der Waals surface area contributed by atoms with Crippen LogP contribution >= 0.6 is 0 Å². The van der Waals surface area contributed by atoms with Gasteiger partial charge in [-0.05, 0) is 18.2 Å². The zero-order valence-corrected chi connectivity index (χ0v) is 15.0. The Balaban J connectivity index is 1.74. The van der Waals surface area contributed by atoms with E-state index in [4.69, 9.17) is 5.73 Å². The number of aryl methyl sites for hydroxylation is 1. The largest absolute Gasteiger partial charge is 0.373 e. The molecular formula is C18H19N7O2. The fraction of sp³-hybridized carbons (Fsp3) is 0.278. The number of carbonyl (C=O) groups is 2. The van der Waals surface area contributed by atoms with Gasteiger partial charge in [0, 0.05) is 49.3 Å². The van der Waals surface area contributed by atoms with Crippen LogP contribution in [0.25, 0.3) is 10.9 Å². The number of nitrogens with one attached hydrogen (secondary N) is 1. The second-order valence-electron chi connectivity index (χ2n) is 6.43. The lowest BCUT2D eigenvalue weighted by molar-refractivity contribution is -0.123. The lowest BCUT2D eigenvalue weighted by atomic mass is 9.97. The van der Waals surface area contributed by atoms with Crippen LogP contribution in [0.2, 0.25) is 0 Å². The van der Waals surface area contributed by atoms with Gasteiger partial charge in [0.15, 0.2) is 0 Å². The number of hydrogen-bond acceptors (Lipinski definition) is 6. The molecule has 4 rings (SSSR count). The number of amides is 2. The molecule has 0 saturated carbocycles. The number of rotatable bonds is 3. The van der Waals surface area contributed by atoms with Gasteiger partial charge in [-0.1, -0.05) is 0 Å². The fourth-order valence-electron chi connectivity index (χ4n) is 3.62. The third kappa shape index (κ3) is 2.67. The van der Waals surface area contributed by atoms with Crippen LogP contribution in [0.3, 0.4) is 0 Å². The summed E-state index contributed by atoms with van der Waals surface area (Å²) < 4.78 is 1.72. The zero-order valence-electron chi connectivity index (χ0n) is 15.0. The van der Waals surface area contributed by atoms with E-state index in [0.29, 0.717) is 35.4 Å². The van der Waals surface area contributed by atoms with Crippen molar-refractivity contribution in [2.75, 3.05) is 18.9 Å². The second kappa shape index (κ2) is 6.35. The standard InChI is InChI=1S/C18H19N7O2/c1-20-17-11-4-3-10(7-13(11)21-9-22-17)18(27)25-6-5-14-12(8-23-24(14)2)15(25)16(19)26/h3-4,7-9,15H,5-6H2,1-2H3,(H2,19,26)(H,20,21,22). The molecule has 0 saturated heterocycles. The smallest absolute Gasteiger partial charge is 0.254 e. The average molecular weight is 365 g/mol. The van der Waals surface area contributed by atoms with Gasteiger partial charge < -0.3 is 16.0 Å². The molecule has 1 aromatic carbocycles. The Morgan fingerprint density at radius 2 is 2.11 bits per heavy atom. The maximum absolute atomic E-state index is 13.2. The van der Waals surface area contributed by atoms with E-state index in [1.54, 1.807) is 36.1 Å². The van der Waals surface area contributed by atoms with Gasteiger partial charge in [0.05, 0.1) is 11.7 Å². The summed E-state index contributed by atoms with van der Waals surface area (Å²) in [5.41, 5.74) is 8.33. The van der Waals surface area contributed by atoms with Gasteiger partial charge >= 0.3 is 0 Å². The number of primary amides is 1. The van der Waals surface area contributed by atoms with E-state index in [0.717, 1.165) is 11.1 Å². The van der Waals surface area contributed by atoms with Gasteiger partial charge in [-0.15, -0.1) is 0 Å². The molecule has 3 aromatic rings. The van der Waals surface area contributed by atoms with Crippen molar-refractivity contribution in [3.63, 3.8) is 0 Å². The molecule has 2 aromatic heterocycles. The number of hydrogen-bond donors (Lipinski definition) is 2. The van der Waals surface area contributed by atoms with Gasteiger partial charge in [-0.25, -0.2) is 9.97 Å².